The summed E-state index contributed by atoms with van der Waals surface area (Å²) in [6, 6.07) is 2.91. The Morgan fingerprint density at radius 2 is 1.90 bits per heavy atom. The van der Waals surface area contributed by atoms with E-state index in [9.17, 15) is 0 Å². The van der Waals surface area contributed by atoms with Crippen molar-refractivity contribution >= 4 is 0 Å². The van der Waals surface area contributed by atoms with E-state index in [2.05, 4.69) is 17.4 Å². The van der Waals surface area contributed by atoms with Crippen molar-refractivity contribution in [3.05, 3.63) is 0 Å². The zero-order valence-corrected chi connectivity index (χ0v) is 7.10. The number of rotatable bonds is 2. The molecule has 0 atom stereocenters. The average Bonchev–Trinajstić information content (AvgIpc) is 1.87. The maximum Gasteiger partial charge on any atom is 0.0757 e. The van der Waals surface area contributed by atoms with Crippen molar-refractivity contribution < 1.29 is 0 Å². The summed E-state index contributed by atoms with van der Waals surface area (Å²) in [7, 11) is 7.67. The first-order chi connectivity index (χ1) is 4.66. The molecule has 0 unspecified atom stereocenters. The van der Waals surface area contributed by atoms with Crippen LogP contribution in [0.15, 0.2) is 0 Å². The van der Waals surface area contributed by atoms with E-state index < -0.39 is 0 Å². The van der Waals surface area contributed by atoms with Gasteiger partial charge in [0.25, 0.3) is 0 Å². The standard InChI is InChI=1S/C7H15N3/c1-8-10(4)7-5-6-9(2)3/h8H,7H2,1-4H3. The molecule has 0 saturated carbocycles. The SMILES string of the molecule is CNN(C)CC#CN(C)C. The lowest BCUT2D eigenvalue weighted by molar-refractivity contribution is 0.294. The molecule has 1 N–H and O–H groups in total. The fraction of sp³-hybridized carbons (Fsp3) is 0.714. The largest absolute Gasteiger partial charge is 0.339 e. The van der Waals surface area contributed by atoms with E-state index in [0.717, 1.165) is 6.54 Å². The summed E-state index contributed by atoms with van der Waals surface area (Å²) in [6.45, 7) is 0.745. The number of hydrazine groups is 1. The number of nitrogens with one attached hydrogen (secondary N) is 1. The number of hydrogen-bond donors (Lipinski definition) is 1. The van der Waals surface area contributed by atoms with E-state index in [1.54, 1.807) is 0 Å². The Hall–Kier alpha value is -0.720. The van der Waals surface area contributed by atoms with Gasteiger partial charge in [0.15, 0.2) is 0 Å². The minimum absolute atomic E-state index is 0.745. The van der Waals surface area contributed by atoms with Gasteiger partial charge in [0.1, 0.15) is 0 Å². The third-order valence-corrected chi connectivity index (χ3v) is 1.00. The van der Waals surface area contributed by atoms with Crippen LogP contribution in [0.5, 0.6) is 0 Å². The molecule has 0 aliphatic carbocycles. The summed E-state index contributed by atoms with van der Waals surface area (Å²) in [6.07, 6.45) is 0. The summed E-state index contributed by atoms with van der Waals surface area (Å²) in [4.78, 5) is 1.84. The van der Waals surface area contributed by atoms with Crippen molar-refractivity contribution in [2.75, 3.05) is 34.7 Å². The van der Waals surface area contributed by atoms with Crippen molar-refractivity contribution in [1.29, 1.82) is 0 Å². The molecule has 0 aliphatic rings. The molecule has 0 aliphatic heterocycles. The zero-order chi connectivity index (χ0) is 7.98. The maximum absolute atomic E-state index is 2.97. The van der Waals surface area contributed by atoms with Crippen molar-refractivity contribution in [2.45, 2.75) is 0 Å². The summed E-state index contributed by atoms with van der Waals surface area (Å²) in [5.41, 5.74) is 2.95. The van der Waals surface area contributed by atoms with Crippen LogP contribution in [0.25, 0.3) is 0 Å². The van der Waals surface area contributed by atoms with E-state index >= 15 is 0 Å². The molecule has 0 bridgehead atoms. The van der Waals surface area contributed by atoms with Crippen molar-refractivity contribution in [3.63, 3.8) is 0 Å². The fourth-order valence-corrected chi connectivity index (χ4v) is 0.391. The first kappa shape index (κ1) is 9.28. The van der Waals surface area contributed by atoms with Crippen molar-refractivity contribution in [1.82, 2.24) is 15.3 Å². The van der Waals surface area contributed by atoms with E-state index in [0.29, 0.717) is 0 Å². The van der Waals surface area contributed by atoms with Crippen LogP contribution in [0, 0.1) is 12.0 Å². The molecule has 0 aromatic heterocycles. The molecule has 3 nitrogen and oxygen atoms in total. The van der Waals surface area contributed by atoms with Gasteiger partial charge in [0.2, 0.25) is 0 Å². The van der Waals surface area contributed by atoms with E-state index in [1.165, 1.54) is 0 Å². The second-order valence-corrected chi connectivity index (χ2v) is 2.26. The molecule has 0 fully saturated rings. The minimum Gasteiger partial charge on any atom is -0.339 e. The molecule has 58 valence electrons. The maximum atomic E-state index is 2.97. The summed E-state index contributed by atoms with van der Waals surface area (Å²) in [5, 5.41) is 1.91. The first-order valence-corrected chi connectivity index (χ1v) is 3.21. The van der Waals surface area contributed by atoms with E-state index in [1.807, 2.05) is 38.1 Å². The number of nitrogens with zero attached hydrogens (tertiary/aromatic N) is 2. The Morgan fingerprint density at radius 3 is 2.30 bits per heavy atom. The van der Waals surface area contributed by atoms with Gasteiger partial charge >= 0.3 is 0 Å². The van der Waals surface area contributed by atoms with Crippen LogP contribution in [0.3, 0.4) is 0 Å². The Balaban J connectivity index is 3.45. The molecule has 0 heterocycles. The normalized spacial score (nSPS) is 8.90. The van der Waals surface area contributed by atoms with Gasteiger partial charge in [-0.2, -0.15) is 0 Å². The lowest BCUT2D eigenvalue weighted by Crippen LogP contribution is -2.30. The van der Waals surface area contributed by atoms with Gasteiger partial charge < -0.3 is 4.90 Å². The highest BCUT2D eigenvalue weighted by molar-refractivity contribution is 4.98. The third-order valence-electron chi connectivity index (χ3n) is 1.00. The van der Waals surface area contributed by atoms with Gasteiger partial charge in [0, 0.05) is 27.2 Å². The van der Waals surface area contributed by atoms with E-state index in [4.69, 9.17) is 0 Å². The third kappa shape index (κ3) is 5.42. The van der Waals surface area contributed by atoms with Crippen molar-refractivity contribution in [3.8, 4) is 12.0 Å². The van der Waals surface area contributed by atoms with Crippen LogP contribution in [0.1, 0.15) is 0 Å². The molecule has 0 radical (unpaired) electrons. The predicted molar refractivity (Wildman–Crippen MR) is 43.2 cm³/mol. The highest BCUT2D eigenvalue weighted by Gasteiger charge is 1.85. The Labute approximate surface area is 63.0 Å². The second-order valence-electron chi connectivity index (χ2n) is 2.26. The van der Waals surface area contributed by atoms with Gasteiger partial charge in [-0.1, -0.05) is 5.92 Å². The van der Waals surface area contributed by atoms with Gasteiger partial charge in [-0.25, -0.2) is 5.01 Å². The molecule has 0 amide bonds. The second kappa shape index (κ2) is 5.10. The molecule has 0 aromatic rings. The predicted octanol–water partition coefficient (Wildman–Crippen LogP) is -0.425. The van der Waals surface area contributed by atoms with E-state index in [-0.39, 0.29) is 0 Å². The minimum atomic E-state index is 0.745. The van der Waals surface area contributed by atoms with Crippen LogP contribution < -0.4 is 5.43 Å². The Morgan fingerprint density at radius 1 is 1.30 bits per heavy atom. The average molecular weight is 141 g/mol. The highest BCUT2D eigenvalue weighted by atomic mass is 15.5. The zero-order valence-electron chi connectivity index (χ0n) is 7.10. The summed E-state index contributed by atoms with van der Waals surface area (Å²) in [5.74, 6) is 2.97. The molecule has 0 spiro atoms. The highest BCUT2D eigenvalue weighted by Crippen LogP contribution is 1.70. The lowest BCUT2D eigenvalue weighted by atomic mass is 10.6. The molecular formula is C7H15N3. The van der Waals surface area contributed by atoms with Crippen LogP contribution in [0.2, 0.25) is 0 Å². The number of hydrogen-bond acceptors (Lipinski definition) is 3. The first-order valence-electron chi connectivity index (χ1n) is 3.21. The van der Waals surface area contributed by atoms with Gasteiger partial charge in [-0.05, 0) is 7.05 Å². The van der Waals surface area contributed by atoms with Crippen LogP contribution >= 0.6 is 0 Å². The summed E-state index contributed by atoms with van der Waals surface area (Å²) < 4.78 is 0. The topological polar surface area (TPSA) is 18.5 Å². The smallest absolute Gasteiger partial charge is 0.0757 e. The molecule has 10 heavy (non-hydrogen) atoms. The van der Waals surface area contributed by atoms with Crippen molar-refractivity contribution in [2.24, 2.45) is 0 Å². The monoisotopic (exact) mass is 141 g/mol. The molecule has 0 rings (SSSR count). The molecule has 0 aromatic carbocycles. The molecule has 3 heteroatoms. The Bertz CT molecular complexity index is 132. The Kier molecular flexibility index (Phi) is 4.73. The molecular weight excluding hydrogens is 126 g/mol. The van der Waals surface area contributed by atoms with Gasteiger partial charge in [0.05, 0.1) is 6.54 Å². The van der Waals surface area contributed by atoms with Crippen LogP contribution in [-0.2, 0) is 0 Å². The van der Waals surface area contributed by atoms with Gasteiger partial charge in [-0.3, -0.25) is 5.43 Å². The fourth-order valence-electron chi connectivity index (χ4n) is 0.391. The quantitative estimate of drug-likeness (QED) is 0.320. The van der Waals surface area contributed by atoms with Crippen LogP contribution in [-0.4, -0.2) is 44.6 Å². The summed E-state index contributed by atoms with van der Waals surface area (Å²) >= 11 is 0. The molecule has 0 saturated heterocycles. The lowest BCUT2D eigenvalue weighted by Gasteiger charge is -2.09. The van der Waals surface area contributed by atoms with Crippen LogP contribution in [0.4, 0.5) is 0 Å². The van der Waals surface area contributed by atoms with Gasteiger partial charge in [-0.15, -0.1) is 0 Å².